The third-order valence-corrected chi connectivity index (χ3v) is 2.93. The van der Waals surface area contributed by atoms with Gasteiger partial charge in [0, 0.05) is 0 Å². The van der Waals surface area contributed by atoms with Gasteiger partial charge in [-0.3, -0.25) is 4.79 Å². The average Bonchev–Trinajstić information content (AvgIpc) is 2.86. The number of hydrogen-bond acceptors (Lipinski definition) is 4. The zero-order chi connectivity index (χ0) is 13.8. The summed E-state index contributed by atoms with van der Waals surface area (Å²) in [5, 5.41) is 9.22. The highest BCUT2D eigenvalue weighted by molar-refractivity contribution is 6.01. The van der Waals surface area contributed by atoms with Gasteiger partial charge in [0.1, 0.15) is 11.7 Å². The summed E-state index contributed by atoms with van der Waals surface area (Å²) in [4.78, 5) is 12.3. The topological polar surface area (TPSA) is 63.2 Å². The van der Waals surface area contributed by atoms with Crippen molar-refractivity contribution in [1.82, 2.24) is 0 Å². The van der Waals surface area contributed by atoms with Crippen LogP contribution in [0.25, 0.3) is 0 Å². The molecule has 4 nitrogen and oxygen atoms in total. The first-order chi connectivity index (χ1) is 9.17. The normalized spacial score (nSPS) is 11.6. The molecule has 96 valence electrons. The van der Waals surface area contributed by atoms with Gasteiger partial charge >= 0.3 is 0 Å². The van der Waals surface area contributed by atoms with E-state index in [0.717, 1.165) is 5.56 Å². The molecular formula is C15H13NO3. The lowest BCUT2D eigenvalue weighted by Gasteiger charge is -2.08. The van der Waals surface area contributed by atoms with Crippen LogP contribution in [0.4, 0.5) is 0 Å². The van der Waals surface area contributed by atoms with Crippen LogP contribution in [0.5, 0.6) is 5.75 Å². The van der Waals surface area contributed by atoms with Gasteiger partial charge in [-0.2, -0.15) is 5.26 Å². The number of ketones is 1. The first-order valence-corrected chi connectivity index (χ1v) is 5.79. The number of carbonyl (C=O) groups is 1. The molecule has 19 heavy (non-hydrogen) atoms. The van der Waals surface area contributed by atoms with Gasteiger partial charge in [-0.05, 0) is 36.2 Å². The standard InChI is InChI=1S/C15H13NO3/c1-10-7-8-19-15(10)14(17)13(9-16)11-3-5-12(18-2)6-4-11/h3-8,13H,1-2H3. The van der Waals surface area contributed by atoms with Crippen molar-refractivity contribution in [2.75, 3.05) is 7.11 Å². The van der Waals surface area contributed by atoms with E-state index in [1.165, 1.54) is 6.26 Å². The Morgan fingerprint density at radius 3 is 2.47 bits per heavy atom. The highest BCUT2D eigenvalue weighted by atomic mass is 16.5. The van der Waals surface area contributed by atoms with E-state index in [9.17, 15) is 10.1 Å². The van der Waals surface area contributed by atoms with Crippen LogP contribution in [0.1, 0.15) is 27.6 Å². The van der Waals surface area contributed by atoms with Crippen LogP contribution in [0.15, 0.2) is 41.0 Å². The van der Waals surface area contributed by atoms with Gasteiger partial charge in [0.2, 0.25) is 5.78 Å². The van der Waals surface area contributed by atoms with E-state index >= 15 is 0 Å². The molecule has 1 heterocycles. The number of Topliss-reactive ketones (excluding diaryl/α,β-unsaturated/α-hetero) is 1. The summed E-state index contributed by atoms with van der Waals surface area (Å²) in [5.74, 6) is -0.268. The molecule has 0 fully saturated rings. The molecule has 0 radical (unpaired) electrons. The number of nitrogens with zero attached hydrogens (tertiary/aromatic N) is 1. The van der Waals surface area contributed by atoms with E-state index in [0.29, 0.717) is 11.3 Å². The largest absolute Gasteiger partial charge is 0.497 e. The van der Waals surface area contributed by atoms with E-state index in [1.807, 2.05) is 6.07 Å². The van der Waals surface area contributed by atoms with Crippen LogP contribution in [0.2, 0.25) is 0 Å². The molecule has 4 heteroatoms. The van der Waals surface area contributed by atoms with E-state index in [1.54, 1.807) is 44.4 Å². The Hall–Kier alpha value is -2.54. The Balaban J connectivity index is 2.32. The van der Waals surface area contributed by atoms with E-state index in [-0.39, 0.29) is 11.5 Å². The van der Waals surface area contributed by atoms with Crippen molar-refractivity contribution < 1.29 is 13.9 Å². The van der Waals surface area contributed by atoms with Crippen LogP contribution in [0, 0.1) is 18.3 Å². The molecule has 0 amide bonds. The molecular weight excluding hydrogens is 242 g/mol. The Bertz CT molecular complexity index is 620. The molecule has 0 bridgehead atoms. The van der Waals surface area contributed by atoms with Gasteiger partial charge in [-0.1, -0.05) is 12.1 Å². The lowest BCUT2D eigenvalue weighted by Crippen LogP contribution is -2.11. The van der Waals surface area contributed by atoms with E-state index in [2.05, 4.69) is 0 Å². The third-order valence-electron chi connectivity index (χ3n) is 2.93. The molecule has 0 N–H and O–H groups in total. The molecule has 2 rings (SSSR count). The quantitative estimate of drug-likeness (QED) is 0.787. The Kier molecular flexibility index (Phi) is 3.67. The first kappa shape index (κ1) is 12.9. The number of aryl methyl sites for hydroxylation is 1. The predicted molar refractivity (Wildman–Crippen MR) is 69.1 cm³/mol. The fourth-order valence-corrected chi connectivity index (χ4v) is 1.84. The van der Waals surface area contributed by atoms with Crippen LogP contribution in [-0.4, -0.2) is 12.9 Å². The van der Waals surface area contributed by atoms with Gasteiger partial charge < -0.3 is 9.15 Å². The highest BCUT2D eigenvalue weighted by Gasteiger charge is 2.25. The fourth-order valence-electron chi connectivity index (χ4n) is 1.84. The van der Waals surface area contributed by atoms with Crippen molar-refractivity contribution in [3.8, 4) is 11.8 Å². The van der Waals surface area contributed by atoms with Crippen LogP contribution >= 0.6 is 0 Å². The average molecular weight is 255 g/mol. The molecule has 0 saturated heterocycles. The van der Waals surface area contributed by atoms with Gasteiger partial charge in [0.05, 0.1) is 19.4 Å². The summed E-state index contributed by atoms with van der Waals surface area (Å²) in [6.45, 7) is 1.78. The number of nitriles is 1. The second kappa shape index (κ2) is 5.40. The molecule has 0 aliphatic carbocycles. The summed E-state index contributed by atoms with van der Waals surface area (Å²) < 4.78 is 10.2. The monoisotopic (exact) mass is 255 g/mol. The molecule has 1 unspecified atom stereocenters. The summed E-state index contributed by atoms with van der Waals surface area (Å²) in [6.07, 6.45) is 1.45. The fraction of sp³-hybridized carbons (Fsp3) is 0.200. The number of rotatable bonds is 4. The summed E-state index contributed by atoms with van der Waals surface area (Å²) in [6, 6.07) is 10.6. The van der Waals surface area contributed by atoms with Crippen molar-refractivity contribution >= 4 is 5.78 Å². The molecule has 1 aromatic carbocycles. The number of benzene rings is 1. The van der Waals surface area contributed by atoms with Crippen molar-refractivity contribution in [2.24, 2.45) is 0 Å². The van der Waals surface area contributed by atoms with Crippen molar-refractivity contribution in [1.29, 1.82) is 5.26 Å². The van der Waals surface area contributed by atoms with E-state index < -0.39 is 5.92 Å². The Labute approximate surface area is 111 Å². The maximum absolute atomic E-state index is 12.3. The summed E-state index contributed by atoms with van der Waals surface area (Å²) in [7, 11) is 1.56. The van der Waals surface area contributed by atoms with Gasteiger partial charge in [-0.15, -0.1) is 0 Å². The molecule has 1 aromatic heterocycles. The van der Waals surface area contributed by atoms with Crippen molar-refractivity contribution in [3.63, 3.8) is 0 Å². The minimum atomic E-state index is -0.865. The number of methoxy groups -OCH3 is 1. The van der Waals surface area contributed by atoms with Gasteiger partial charge in [0.15, 0.2) is 5.76 Å². The smallest absolute Gasteiger partial charge is 0.219 e. The summed E-state index contributed by atoms with van der Waals surface area (Å²) in [5.41, 5.74) is 1.36. The number of carbonyl (C=O) groups excluding carboxylic acids is 1. The van der Waals surface area contributed by atoms with Crippen molar-refractivity contribution in [3.05, 3.63) is 53.5 Å². The SMILES string of the molecule is COc1ccc(C(C#N)C(=O)c2occc2C)cc1. The maximum atomic E-state index is 12.3. The Morgan fingerprint density at radius 2 is 2.00 bits per heavy atom. The zero-order valence-electron chi connectivity index (χ0n) is 10.7. The highest BCUT2D eigenvalue weighted by Crippen LogP contribution is 2.24. The van der Waals surface area contributed by atoms with Crippen molar-refractivity contribution in [2.45, 2.75) is 12.8 Å². The first-order valence-electron chi connectivity index (χ1n) is 5.79. The zero-order valence-corrected chi connectivity index (χ0v) is 10.7. The Morgan fingerprint density at radius 1 is 1.32 bits per heavy atom. The molecule has 0 spiro atoms. The minimum Gasteiger partial charge on any atom is -0.497 e. The van der Waals surface area contributed by atoms with Gasteiger partial charge in [-0.25, -0.2) is 0 Å². The molecule has 2 aromatic rings. The molecule has 0 aliphatic rings. The van der Waals surface area contributed by atoms with Gasteiger partial charge in [0.25, 0.3) is 0 Å². The predicted octanol–water partition coefficient (Wildman–Crippen LogP) is 3.09. The second-order valence-electron chi connectivity index (χ2n) is 4.13. The number of ether oxygens (including phenoxy) is 1. The third kappa shape index (κ3) is 2.50. The number of furan rings is 1. The minimum absolute atomic E-state index is 0.238. The van der Waals surface area contributed by atoms with Crippen LogP contribution in [0.3, 0.4) is 0 Å². The van der Waals surface area contributed by atoms with E-state index in [4.69, 9.17) is 9.15 Å². The lowest BCUT2D eigenvalue weighted by atomic mass is 9.94. The lowest BCUT2D eigenvalue weighted by molar-refractivity contribution is 0.0951. The molecule has 0 saturated carbocycles. The van der Waals surface area contributed by atoms with Crippen LogP contribution < -0.4 is 4.74 Å². The maximum Gasteiger partial charge on any atom is 0.219 e. The number of hydrogen-bond donors (Lipinski definition) is 0. The summed E-state index contributed by atoms with van der Waals surface area (Å²) >= 11 is 0. The molecule has 1 atom stereocenters. The second-order valence-corrected chi connectivity index (χ2v) is 4.13. The van der Waals surface area contributed by atoms with Crippen LogP contribution in [-0.2, 0) is 0 Å². The molecule has 0 aliphatic heterocycles.